The van der Waals surface area contributed by atoms with E-state index in [0.29, 0.717) is 51.4 Å². The van der Waals surface area contributed by atoms with E-state index in [1.165, 1.54) is 24.3 Å². The predicted molar refractivity (Wildman–Crippen MR) is 150 cm³/mol. The fraction of sp³-hybridized carbons (Fsp3) is 0.355. The predicted octanol–water partition coefficient (Wildman–Crippen LogP) is 5.15. The monoisotopic (exact) mass is 569 g/mol. The highest BCUT2D eigenvalue weighted by molar-refractivity contribution is 5.90. The number of hydrogen-bond acceptors (Lipinski definition) is 5. The Hall–Kier alpha value is -4.05. The number of nitrogens with one attached hydrogen (secondary N) is 2. The molecule has 218 valence electrons. The van der Waals surface area contributed by atoms with E-state index in [4.69, 9.17) is 4.74 Å². The van der Waals surface area contributed by atoms with Gasteiger partial charge in [-0.05, 0) is 48.2 Å². The van der Waals surface area contributed by atoms with Crippen LogP contribution in [-0.2, 0) is 20.7 Å². The molecule has 1 fully saturated rings. The lowest BCUT2D eigenvalue weighted by molar-refractivity contribution is -0.274. The van der Waals surface area contributed by atoms with Crippen LogP contribution in [0.4, 0.5) is 18.9 Å². The van der Waals surface area contributed by atoms with E-state index in [0.717, 1.165) is 11.1 Å². The van der Waals surface area contributed by atoms with E-state index in [2.05, 4.69) is 15.4 Å². The fourth-order valence-electron chi connectivity index (χ4n) is 4.69. The molecule has 2 unspecified atom stereocenters. The maximum atomic E-state index is 13.7. The highest BCUT2D eigenvalue weighted by atomic mass is 19.4. The summed E-state index contributed by atoms with van der Waals surface area (Å²) in [4.78, 5) is 28.5. The first kappa shape index (κ1) is 29.9. The number of morpholine rings is 1. The number of carbonyl (C=O) groups excluding carboxylic acids is 2. The van der Waals surface area contributed by atoms with Crippen molar-refractivity contribution in [2.75, 3.05) is 38.2 Å². The normalized spacial score (nSPS) is 15.0. The zero-order valence-corrected chi connectivity index (χ0v) is 22.6. The molecule has 3 aromatic carbocycles. The van der Waals surface area contributed by atoms with Crippen molar-refractivity contribution >= 4 is 17.5 Å². The molecule has 1 aliphatic heterocycles. The van der Waals surface area contributed by atoms with Crippen molar-refractivity contribution in [3.05, 3.63) is 96.1 Å². The molecule has 7 nitrogen and oxygen atoms in total. The van der Waals surface area contributed by atoms with Crippen LogP contribution < -0.4 is 15.4 Å². The van der Waals surface area contributed by atoms with E-state index in [9.17, 15) is 22.8 Å². The summed E-state index contributed by atoms with van der Waals surface area (Å²) >= 11 is 0. The van der Waals surface area contributed by atoms with Crippen molar-refractivity contribution < 1.29 is 32.2 Å². The molecule has 41 heavy (non-hydrogen) atoms. The summed E-state index contributed by atoms with van der Waals surface area (Å²) in [6.07, 6.45) is -3.42. The van der Waals surface area contributed by atoms with Gasteiger partial charge in [0.05, 0.1) is 19.1 Å². The molecular formula is C31H34F3N3O4. The Kier molecular flexibility index (Phi) is 10.6. The number of halogens is 3. The number of carbonyl (C=O) groups is 2. The van der Waals surface area contributed by atoms with E-state index < -0.39 is 12.3 Å². The van der Waals surface area contributed by atoms with E-state index in [-0.39, 0.29) is 30.0 Å². The minimum absolute atomic E-state index is 0.0371. The SMILES string of the molecule is O=C(NC(CCc1ccccc1)CNc1ccc(OC(F)(F)F)cc1)C(CC(=O)N1CCOCC1)c1ccccc1. The van der Waals surface area contributed by atoms with Crippen molar-refractivity contribution in [2.24, 2.45) is 0 Å². The molecule has 0 saturated carbocycles. The number of benzene rings is 3. The van der Waals surface area contributed by atoms with Gasteiger partial charge in [0.25, 0.3) is 0 Å². The molecule has 1 saturated heterocycles. The van der Waals surface area contributed by atoms with Crippen LogP contribution in [0, 0.1) is 0 Å². The number of aryl methyl sites for hydroxylation is 1. The molecule has 0 aromatic heterocycles. The summed E-state index contributed by atoms with van der Waals surface area (Å²) in [5.74, 6) is -1.35. The van der Waals surface area contributed by atoms with Crippen LogP contribution >= 0.6 is 0 Å². The summed E-state index contributed by atoms with van der Waals surface area (Å²) in [7, 11) is 0. The van der Waals surface area contributed by atoms with Gasteiger partial charge in [-0.25, -0.2) is 0 Å². The maximum Gasteiger partial charge on any atom is 0.573 e. The van der Waals surface area contributed by atoms with Gasteiger partial charge in [-0.15, -0.1) is 13.2 Å². The van der Waals surface area contributed by atoms with Gasteiger partial charge < -0.3 is 25.0 Å². The molecule has 4 rings (SSSR count). The van der Waals surface area contributed by atoms with Crippen molar-refractivity contribution in [3.8, 4) is 5.75 Å². The van der Waals surface area contributed by atoms with Gasteiger partial charge in [0, 0.05) is 37.8 Å². The molecule has 0 spiro atoms. The lowest BCUT2D eigenvalue weighted by atomic mass is 9.93. The fourth-order valence-corrected chi connectivity index (χ4v) is 4.69. The van der Waals surface area contributed by atoms with Crippen molar-refractivity contribution in [1.29, 1.82) is 0 Å². The third kappa shape index (κ3) is 9.82. The molecule has 0 radical (unpaired) electrons. The van der Waals surface area contributed by atoms with E-state index in [1.807, 2.05) is 60.7 Å². The number of amides is 2. The van der Waals surface area contributed by atoms with Crippen molar-refractivity contribution in [1.82, 2.24) is 10.2 Å². The smallest absolute Gasteiger partial charge is 0.406 e. The second-order valence-corrected chi connectivity index (χ2v) is 9.84. The number of ether oxygens (including phenoxy) is 2. The minimum Gasteiger partial charge on any atom is -0.406 e. The van der Waals surface area contributed by atoms with Crippen LogP contribution in [0.15, 0.2) is 84.9 Å². The van der Waals surface area contributed by atoms with Gasteiger partial charge in [0.15, 0.2) is 0 Å². The Morgan fingerprint density at radius 2 is 1.54 bits per heavy atom. The molecule has 2 amide bonds. The maximum absolute atomic E-state index is 13.7. The first-order valence-corrected chi connectivity index (χ1v) is 13.6. The molecule has 2 atom stereocenters. The Morgan fingerprint density at radius 1 is 0.902 bits per heavy atom. The van der Waals surface area contributed by atoms with Gasteiger partial charge in [-0.1, -0.05) is 60.7 Å². The van der Waals surface area contributed by atoms with E-state index >= 15 is 0 Å². The number of rotatable bonds is 12. The van der Waals surface area contributed by atoms with Crippen molar-refractivity contribution in [3.63, 3.8) is 0 Å². The average molecular weight is 570 g/mol. The van der Waals surface area contributed by atoms with Gasteiger partial charge >= 0.3 is 6.36 Å². The molecule has 1 aliphatic rings. The molecule has 0 aliphatic carbocycles. The van der Waals surface area contributed by atoms with E-state index in [1.54, 1.807) is 4.90 Å². The highest BCUT2D eigenvalue weighted by Crippen LogP contribution is 2.25. The topological polar surface area (TPSA) is 79.9 Å². The third-order valence-electron chi connectivity index (χ3n) is 6.87. The van der Waals surface area contributed by atoms with Gasteiger partial charge in [0.1, 0.15) is 5.75 Å². The Bertz CT molecular complexity index is 1230. The molecular weight excluding hydrogens is 535 g/mol. The molecule has 10 heteroatoms. The zero-order chi connectivity index (χ0) is 29.1. The Balaban J connectivity index is 1.46. The highest BCUT2D eigenvalue weighted by Gasteiger charge is 2.31. The largest absolute Gasteiger partial charge is 0.573 e. The minimum atomic E-state index is -4.76. The second kappa shape index (κ2) is 14.5. The molecule has 2 N–H and O–H groups in total. The lowest BCUT2D eigenvalue weighted by Gasteiger charge is -2.29. The second-order valence-electron chi connectivity index (χ2n) is 9.84. The zero-order valence-electron chi connectivity index (χ0n) is 22.6. The van der Waals surface area contributed by atoms with Crippen LogP contribution in [0.1, 0.15) is 29.9 Å². The van der Waals surface area contributed by atoms with Crippen LogP contribution in [-0.4, -0.2) is 62.0 Å². The Labute approximate surface area is 237 Å². The number of hydrogen-bond donors (Lipinski definition) is 2. The van der Waals surface area contributed by atoms with Crippen LogP contribution in [0.5, 0.6) is 5.75 Å². The van der Waals surface area contributed by atoms with Crippen LogP contribution in [0.2, 0.25) is 0 Å². The van der Waals surface area contributed by atoms with Gasteiger partial charge in [0.2, 0.25) is 11.8 Å². The molecule has 3 aromatic rings. The first-order chi connectivity index (χ1) is 19.8. The molecule has 0 bridgehead atoms. The quantitative estimate of drug-likeness (QED) is 0.316. The average Bonchev–Trinajstić information content (AvgIpc) is 2.98. The summed E-state index contributed by atoms with van der Waals surface area (Å²) < 4.78 is 46.8. The Morgan fingerprint density at radius 3 is 2.17 bits per heavy atom. The third-order valence-corrected chi connectivity index (χ3v) is 6.87. The number of alkyl halides is 3. The summed E-state index contributed by atoms with van der Waals surface area (Å²) in [6.45, 7) is 2.28. The first-order valence-electron chi connectivity index (χ1n) is 13.6. The number of nitrogens with zero attached hydrogens (tertiary/aromatic N) is 1. The van der Waals surface area contributed by atoms with Crippen LogP contribution in [0.3, 0.4) is 0 Å². The summed E-state index contributed by atoms with van der Waals surface area (Å²) in [5.41, 5.74) is 2.45. The number of anilines is 1. The lowest BCUT2D eigenvalue weighted by Crippen LogP contribution is -2.45. The van der Waals surface area contributed by atoms with Gasteiger partial charge in [-0.2, -0.15) is 0 Å². The van der Waals surface area contributed by atoms with Crippen LogP contribution in [0.25, 0.3) is 0 Å². The summed E-state index contributed by atoms with van der Waals surface area (Å²) in [6, 6.07) is 24.2. The van der Waals surface area contributed by atoms with Crippen molar-refractivity contribution in [2.45, 2.75) is 37.6 Å². The standard InChI is InChI=1S/C31H34F3N3O4/c32-31(33,34)41-27-15-13-25(14-16-27)35-22-26(12-11-23-7-3-1-4-8-23)36-30(39)28(24-9-5-2-6-10-24)21-29(38)37-17-19-40-20-18-37/h1-10,13-16,26,28,35H,11-12,17-22H2,(H,36,39). The molecule has 1 heterocycles. The van der Waals surface area contributed by atoms with Gasteiger partial charge in [-0.3, -0.25) is 9.59 Å². The summed E-state index contributed by atoms with van der Waals surface area (Å²) in [5, 5.41) is 6.34.